The van der Waals surface area contributed by atoms with E-state index in [2.05, 4.69) is 72.3 Å². The van der Waals surface area contributed by atoms with Crippen LogP contribution in [0.4, 0.5) is 0 Å². The van der Waals surface area contributed by atoms with Crippen molar-refractivity contribution in [3.8, 4) is 5.75 Å². The smallest absolute Gasteiger partial charge is 0.219 e. The Morgan fingerprint density at radius 1 is 1.00 bits per heavy atom. The van der Waals surface area contributed by atoms with Crippen LogP contribution in [-0.2, 0) is 17.8 Å². The summed E-state index contributed by atoms with van der Waals surface area (Å²) in [5, 5.41) is 2.95. The molecular weight excluding hydrogens is 410 g/mol. The minimum absolute atomic E-state index is 0.133. The maximum absolute atomic E-state index is 11.3. The summed E-state index contributed by atoms with van der Waals surface area (Å²) >= 11 is 0. The first-order valence-electron chi connectivity index (χ1n) is 12.5. The van der Waals surface area contributed by atoms with Crippen LogP contribution in [0.1, 0.15) is 76.6 Å². The summed E-state index contributed by atoms with van der Waals surface area (Å²) in [6, 6.07) is 16.9. The van der Waals surface area contributed by atoms with E-state index in [9.17, 15) is 4.79 Å². The molecule has 0 radical (unpaired) electrons. The van der Waals surface area contributed by atoms with Crippen molar-refractivity contribution in [1.82, 2.24) is 14.9 Å². The number of aryl methyl sites for hydroxylation is 2. The van der Waals surface area contributed by atoms with Gasteiger partial charge in [-0.15, -0.1) is 0 Å². The lowest BCUT2D eigenvalue weighted by atomic mass is 10.0. The van der Waals surface area contributed by atoms with E-state index in [0.717, 1.165) is 69.5 Å². The van der Waals surface area contributed by atoms with Crippen LogP contribution in [0.25, 0.3) is 11.0 Å². The van der Waals surface area contributed by atoms with Crippen molar-refractivity contribution >= 4 is 16.9 Å². The molecule has 0 spiro atoms. The zero-order valence-corrected chi connectivity index (χ0v) is 20.5. The number of ether oxygens (including phenoxy) is 1. The normalized spacial score (nSPS) is 11.3. The molecule has 5 heteroatoms. The molecule has 178 valence electrons. The molecule has 0 unspecified atom stereocenters. The number of nitrogens with zero attached hydrogens (tertiary/aromatic N) is 2. The second-order valence-corrected chi connectivity index (χ2v) is 8.96. The molecule has 0 aliphatic heterocycles. The number of rotatable bonds is 14. The topological polar surface area (TPSA) is 56.2 Å². The number of benzene rings is 2. The number of carbonyl (C=O) groups is 1. The van der Waals surface area contributed by atoms with Gasteiger partial charge in [0, 0.05) is 25.9 Å². The van der Waals surface area contributed by atoms with Crippen molar-refractivity contribution in [2.24, 2.45) is 0 Å². The monoisotopic (exact) mass is 449 g/mol. The van der Waals surface area contributed by atoms with Crippen molar-refractivity contribution in [1.29, 1.82) is 0 Å². The van der Waals surface area contributed by atoms with Crippen LogP contribution in [0, 0.1) is 0 Å². The maximum Gasteiger partial charge on any atom is 0.219 e. The number of nitrogens with one attached hydrogen (secondary N) is 1. The first kappa shape index (κ1) is 24.8. The molecule has 0 atom stereocenters. The highest BCUT2D eigenvalue weighted by molar-refractivity contribution is 5.76. The molecule has 1 aromatic heterocycles. The molecule has 5 nitrogen and oxygen atoms in total. The molecule has 0 saturated heterocycles. The van der Waals surface area contributed by atoms with Gasteiger partial charge in [-0.25, -0.2) is 4.98 Å². The molecule has 0 bridgehead atoms. The molecule has 1 heterocycles. The van der Waals surface area contributed by atoms with E-state index >= 15 is 0 Å². The largest absolute Gasteiger partial charge is 0.494 e. The number of hydrogen-bond acceptors (Lipinski definition) is 3. The van der Waals surface area contributed by atoms with Gasteiger partial charge in [-0.05, 0) is 61.4 Å². The molecule has 1 amide bonds. The molecule has 3 rings (SSSR count). The van der Waals surface area contributed by atoms with Crippen LogP contribution in [0.5, 0.6) is 5.75 Å². The maximum atomic E-state index is 11.3. The van der Waals surface area contributed by atoms with Crippen LogP contribution >= 0.6 is 0 Å². The second-order valence-electron chi connectivity index (χ2n) is 8.96. The number of imidazole rings is 1. The lowest BCUT2D eigenvalue weighted by Gasteiger charge is -2.11. The summed E-state index contributed by atoms with van der Waals surface area (Å²) in [7, 11) is 0. The van der Waals surface area contributed by atoms with Crippen molar-refractivity contribution in [3.05, 3.63) is 59.9 Å². The quantitative estimate of drug-likeness (QED) is 0.296. The van der Waals surface area contributed by atoms with E-state index in [1.54, 1.807) is 0 Å². The van der Waals surface area contributed by atoms with Gasteiger partial charge >= 0.3 is 0 Å². The van der Waals surface area contributed by atoms with Gasteiger partial charge in [0.15, 0.2) is 0 Å². The van der Waals surface area contributed by atoms with Gasteiger partial charge in [0.2, 0.25) is 5.91 Å². The van der Waals surface area contributed by atoms with Crippen molar-refractivity contribution < 1.29 is 9.53 Å². The van der Waals surface area contributed by atoms with E-state index in [1.807, 2.05) is 6.92 Å². The third-order valence-corrected chi connectivity index (χ3v) is 6.05. The molecular formula is C28H39N3O2. The third-order valence-electron chi connectivity index (χ3n) is 6.05. The molecule has 3 aromatic rings. The average molecular weight is 450 g/mol. The lowest BCUT2D eigenvalue weighted by Crippen LogP contribution is -2.23. The van der Waals surface area contributed by atoms with Crippen molar-refractivity contribution in [3.63, 3.8) is 0 Å². The third kappa shape index (κ3) is 7.62. The van der Waals surface area contributed by atoms with Gasteiger partial charge < -0.3 is 14.6 Å². The Labute approximate surface area is 198 Å². The molecule has 33 heavy (non-hydrogen) atoms. The average Bonchev–Trinajstić information content (AvgIpc) is 3.18. The number of fused-ring (bicyclic) bond motifs is 1. The zero-order valence-electron chi connectivity index (χ0n) is 20.5. The number of carbonyl (C=O) groups excluding carboxylic acids is 1. The molecule has 2 aromatic carbocycles. The standard InChI is InChI=1S/C28H39N3O2/c1-4-28(32)29-19-9-5-6-14-27-30-25-12-7-8-13-26(25)31(27)20-10-11-21-33-24-17-15-23(16-18-24)22(2)3/h7-8,12-13,15-18,22H,4-6,9-11,14,19-21H2,1-3H3,(H,29,32). The molecule has 0 saturated carbocycles. The number of amides is 1. The molecule has 1 N–H and O–H groups in total. The fourth-order valence-electron chi connectivity index (χ4n) is 4.01. The lowest BCUT2D eigenvalue weighted by molar-refractivity contribution is -0.120. The fraction of sp³-hybridized carbons (Fsp3) is 0.500. The summed E-state index contributed by atoms with van der Waals surface area (Å²) in [6.45, 7) is 8.75. The highest BCUT2D eigenvalue weighted by Gasteiger charge is 2.10. The van der Waals surface area contributed by atoms with E-state index in [0.29, 0.717) is 12.3 Å². The Balaban J connectivity index is 1.46. The van der Waals surface area contributed by atoms with Gasteiger partial charge in [-0.3, -0.25) is 4.79 Å². The summed E-state index contributed by atoms with van der Waals surface area (Å²) in [4.78, 5) is 16.2. The van der Waals surface area contributed by atoms with Gasteiger partial charge in [-0.1, -0.05) is 51.5 Å². The Morgan fingerprint density at radius 3 is 2.55 bits per heavy atom. The van der Waals surface area contributed by atoms with Gasteiger partial charge in [0.25, 0.3) is 0 Å². The Kier molecular flexibility index (Phi) is 9.79. The zero-order chi connectivity index (χ0) is 23.5. The van der Waals surface area contributed by atoms with E-state index in [-0.39, 0.29) is 5.91 Å². The minimum atomic E-state index is 0.133. The number of unbranched alkanes of at least 4 members (excludes halogenated alkanes) is 3. The SMILES string of the molecule is CCC(=O)NCCCCCc1nc2ccccc2n1CCCCOc1ccc(C(C)C)cc1. The number of hydrogen-bond donors (Lipinski definition) is 1. The van der Waals surface area contributed by atoms with Gasteiger partial charge in [0.05, 0.1) is 17.6 Å². The first-order chi connectivity index (χ1) is 16.1. The molecule has 0 fully saturated rings. The van der Waals surface area contributed by atoms with Crippen LogP contribution in [-0.4, -0.2) is 28.6 Å². The van der Waals surface area contributed by atoms with Crippen LogP contribution < -0.4 is 10.1 Å². The first-order valence-corrected chi connectivity index (χ1v) is 12.5. The summed E-state index contributed by atoms with van der Waals surface area (Å²) in [5.74, 6) is 2.79. The summed E-state index contributed by atoms with van der Waals surface area (Å²) in [6.07, 6.45) is 6.78. The number of para-hydroxylation sites is 2. The van der Waals surface area contributed by atoms with Crippen LogP contribution in [0.3, 0.4) is 0 Å². The predicted octanol–water partition coefficient (Wildman–Crippen LogP) is 6.26. The minimum Gasteiger partial charge on any atom is -0.494 e. The second kappa shape index (κ2) is 13.0. The van der Waals surface area contributed by atoms with E-state index in [4.69, 9.17) is 9.72 Å². The van der Waals surface area contributed by atoms with Crippen molar-refractivity contribution in [2.75, 3.05) is 13.2 Å². The molecule has 0 aliphatic carbocycles. The Morgan fingerprint density at radius 2 is 1.79 bits per heavy atom. The van der Waals surface area contributed by atoms with Gasteiger partial charge in [0.1, 0.15) is 11.6 Å². The Hall–Kier alpha value is -2.82. The molecule has 0 aliphatic rings. The van der Waals surface area contributed by atoms with E-state index in [1.165, 1.54) is 16.9 Å². The predicted molar refractivity (Wildman–Crippen MR) is 136 cm³/mol. The fourth-order valence-corrected chi connectivity index (χ4v) is 4.01. The summed E-state index contributed by atoms with van der Waals surface area (Å²) in [5.41, 5.74) is 3.63. The number of aromatic nitrogens is 2. The Bertz CT molecular complexity index is 992. The van der Waals surface area contributed by atoms with Crippen LogP contribution in [0.2, 0.25) is 0 Å². The van der Waals surface area contributed by atoms with Gasteiger partial charge in [-0.2, -0.15) is 0 Å². The highest BCUT2D eigenvalue weighted by atomic mass is 16.5. The van der Waals surface area contributed by atoms with Crippen molar-refractivity contribution in [2.45, 2.75) is 78.2 Å². The summed E-state index contributed by atoms with van der Waals surface area (Å²) < 4.78 is 8.33. The van der Waals surface area contributed by atoms with E-state index < -0.39 is 0 Å². The highest BCUT2D eigenvalue weighted by Crippen LogP contribution is 2.20. The van der Waals surface area contributed by atoms with Crippen LogP contribution in [0.15, 0.2) is 48.5 Å².